The Morgan fingerprint density at radius 1 is 0.917 bits per heavy atom. The van der Waals surface area contributed by atoms with Crippen LogP contribution in [-0.4, -0.2) is 21.6 Å². The Morgan fingerprint density at radius 2 is 1.61 bits per heavy atom. The van der Waals surface area contributed by atoms with Gasteiger partial charge in [-0.25, -0.2) is 14.0 Å². The zero-order chi connectivity index (χ0) is 25.6. The predicted octanol–water partition coefficient (Wildman–Crippen LogP) is 3.75. The van der Waals surface area contributed by atoms with Crippen molar-refractivity contribution in [3.63, 3.8) is 0 Å². The van der Waals surface area contributed by atoms with Crippen LogP contribution in [0.25, 0.3) is 17.0 Å². The molecule has 180 valence electrons. The van der Waals surface area contributed by atoms with Gasteiger partial charge in [-0.3, -0.25) is 9.59 Å². The molecule has 0 spiro atoms. The normalized spacial score (nSPS) is 13.9. The minimum Gasteiger partial charge on any atom is -0.858 e. The summed E-state index contributed by atoms with van der Waals surface area (Å²) in [5, 5.41) is 18.3. The van der Waals surface area contributed by atoms with Crippen molar-refractivity contribution in [1.82, 2.24) is 9.78 Å². The molecule has 2 aromatic carbocycles. The molecule has 7 nitrogen and oxygen atoms in total. The molecule has 0 saturated heterocycles. The Balaban J connectivity index is 1.78. The van der Waals surface area contributed by atoms with Gasteiger partial charge in [-0.2, -0.15) is 9.67 Å². The molecule has 2 amide bonds. The SMILES string of the molecule is Cc1cccc(N2C(=O)C(c3c(C(C)C)nn(-c4ccc(F)cc4)c3[O-])=C([n+]3ccccc3)C2=O)c1. The molecular weight excluding hydrogens is 459 g/mol. The van der Waals surface area contributed by atoms with Crippen molar-refractivity contribution >= 4 is 28.8 Å². The van der Waals surface area contributed by atoms with Gasteiger partial charge in [0.25, 0.3) is 11.6 Å². The number of rotatable bonds is 5. The molecule has 5 rings (SSSR count). The fraction of sp³-hybridized carbons (Fsp3) is 0.143. The third kappa shape index (κ3) is 3.76. The van der Waals surface area contributed by atoms with Gasteiger partial charge >= 0.3 is 5.91 Å². The number of halogens is 1. The van der Waals surface area contributed by atoms with E-state index in [1.54, 1.807) is 53.4 Å². The molecular formula is C28H23FN4O3. The first-order valence-electron chi connectivity index (χ1n) is 11.5. The summed E-state index contributed by atoms with van der Waals surface area (Å²) in [6, 6.07) is 17.7. The Morgan fingerprint density at radius 3 is 2.25 bits per heavy atom. The lowest BCUT2D eigenvalue weighted by Crippen LogP contribution is -2.39. The molecule has 0 radical (unpaired) electrons. The summed E-state index contributed by atoms with van der Waals surface area (Å²) in [5.41, 5.74) is 2.15. The molecule has 1 aliphatic rings. The first-order valence-corrected chi connectivity index (χ1v) is 11.5. The summed E-state index contributed by atoms with van der Waals surface area (Å²) < 4.78 is 16.2. The molecule has 2 aromatic heterocycles. The summed E-state index contributed by atoms with van der Waals surface area (Å²) in [4.78, 5) is 28.8. The van der Waals surface area contributed by atoms with Crippen LogP contribution in [0.15, 0.2) is 79.1 Å². The minimum atomic E-state index is -0.602. The number of carbonyl (C=O) groups is 2. The molecule has 1 aliphatic heterocycles. The van der Waals surface area contributed by atoms with Crippen molar-refractivity contribution in [2.45, 2.75) is 26.7 Å². The van der Waals surface area contributed by atoms with Crippen LogP contribution in [0.3, 0.4) is 0 Å². The van der Waals surface area contributed by atoms with Gasteiger partial charge in [0.2, 0.25) is 0 Å². The van der Waals surface area contributed by atoms with E-state index in [4.69, 9.17) is 0 Å². The maximum Gasteiger partial charge on any atom is 0.331 e. The Kier molecular flexibility index (Phi) is 5.72. The van der Waals surface area contributed by atoms with E-state index in [1.807, 2.05) is 26.8 Å². The molecule has 3 heterocycles. The maximum atomic E-state index is 13.9. The quantitative estimate of drug-likeness (QED) is 0.321. The van der Waals surface area contributed by atoms with Gasteiger partial charge in [0.1, 0.15) is 11.4 Å². The Labute approximate surface area is 207 Å². The van der Waals surface area contributed by atoms with Crippen LogP contribution in [-0.2, 0) is 9.59 Å². The van der Waals surface area contributed by atoms with Crippen LogP contribution in [0.2, 0.25) is 0 Å². The van der Waals surface area contributed by atoms with Gasteiger partial charge in [-0.1, -0.05) is 32.0 Å². The van der Waals surface area contributed by atoms with E-state index in [-0.39, 0.29) is 22.8 Å². The minimum absolute atomic E-state index is 0.0141. The highest BCUT2D eigenvalue weighted by Crippen LogP contribution is 2.40. The number of carbonyl (C=O) groups excluding carboxylic acids is 2. The van der Waals surface area contributed by atoms with E-state index in [0.717, 1.165) is 15.1 Å². The summed E-state index contributed by atoms with van der Waals surface area (Å²) in [5.74, 6) is -2.38. The molecule has 36 heavy (non-hydrogen) atoms. The number of hydrogen-bond acceptors (Lipinski definition) is 4. The summed E-state index contributed by atoms with van der Waals surface area (Å²) in [6.07, 6.45) is 3.31. The fourth-order valence-corrected chi connectivity index (χ4v) is 4.35. The van der Waals surface area contributed by atoms with E-state index in [1.165, 1.54) is 24.3 Å². The molecule has 0 saturated carbocycles. The van der Waals surface area contributed by atoms with Crippen molar-refractivity contribution in [1.29, 1.82) is 0 Å². The average molecular weight is 483 g/mol. The van der Waals surface area contributed by atoms with Crippen molar-refractivity contribution in [2.75, 3.05) is 4.90 Å². The van der Waals surface area contributed by atoms with E-state index in [2.05, 4.69) is 5.10 Å². The fourth-order valence-electron chi connectivity index (χ4n) is 4.35. The number of aryl methyl sites for hydroxylation is 1. The zero-order valence-corrected chi connectivity index (χ0v) is 20.0. The van der Waals surface area contributed by atoms with Gasteiger partial charge < -0.3 is 5.11 Å². The summed E-state index contributed by atoms with van der Waals surface area (Å²) in [6.45, 7) is 5.58. The summed E-state index contributed by atoms with van der Waals surface area (Å²) >= 11 is 0. The molecule has 4 aromatic rings. The van der Waals surface area contributed by atoms with E-state index < -0.39 is 23.5 Å². The van der Waals surface area contributed by atoms with Gasteiger partial charge in [0.05, 0.1) is 17.1 Å². The molecule has 8 heteroatoms. The Bertz CT molecular complexity index is 1520. The molecule has 0 fully saturated rings. The number of hydrogen-bond donors (Lipinski definition) is 0. The molecule has 0 aliphatic carbocycles. The highest BCUT2D eigenvalue weighted by molar-refractivity contribution is 6.53. The van der Waals surface area contributed by atoms with E-state index >= 15 is 0 Å². The van der Waals surface area contributed by atoms with Crippen molar-refractivity contribution in [2.24, 2.45) is 0 Å². The van der Waals surface area contributed by atoms with Crippen LogP contribution in [0.1, 0.15) is 36.6 Å². The zero-order valence-electron chi connectivity index (χ0n) is 20.0. The molecule has 0 N–H and O–H groups in total. The standard InChI is InChI=1S/C28H23FN4O3/c1-17(2)24-22(27(35)33(30-24)20-12-10-19(29)11-13-20)23-25(31-14-5-4-6-15-31)28(36)32(26(23)34)21-9-7-8-18(3)16-21/h4-17H,1-3H3. The summed E-state index contributed by atoms with van der Waals surface area (Å²) in [7, 11) is 0. The highest BCUT2D eigenvalue weighted by atomic mass is 19.1. The van der Waals surface area contributed by atoms with Gasteiger partial charge in [-0.15, -0.1) is 0 Å². The monoisotopic (exact) mass is 482 g/mol. The highest BCUT2D eigenvalue weighted by Gasteiger charge is 2.47. The molecule has 0 atom stereocenters. The first kappa shape index (κ1) is 23.2. The largest absolute Gasteiger partial charge is 0.858 e. The van der Waals surface area contributed by atoms with Crippen LogP contribution < -0.4 is 14.6 Å². The van der Waals surface area contributed by atoms with Gasteiger partial charge in [0.15, 0.2) is 12.4 Å². The number of pyridine rings is 1. The van der Waals surface area contributed by atoms with Gasteiger partial charge in [0, 0.05) is 17.7 Å². The van der Waals surface area contributed by atoms with Crippen LogP contribution in [0.4, 0.5) is 10.1 Å². The van der Waals surface area contributed by atoms with Crippen LogP contribution in [0, 0.1) is 12.7 Å². The number of amides is 2. The maximum absolute atomic E-state index is 13.9. The van der Waals surface area contributed by atoms with E-state index in [0.29, 0.717) is 17.1 Å². The van der Waals surface area contributed by atoms with E-state index in [9.17, 15) is 19.1 Å². The lowest BCUT2D eigenvalue weighted by atomic mass is 9.98. The van der Waals surface area contributed by atoms with Crippen molar-refractivity contribution in [3.05, 3.63) is 102 Å². The second-order valence-corrected chi connectivity index (χ2v) is 8.90. The lowest BCUT2D eigenvalue weighted by molar-refractivity contribution is -0.576. The smallest absolute Gasteiger partial charge is 0.331 e. The number of nitrogens with zero attached hydrogens (tertiary/aromatic N) is 4. The Hall–Kier alpha value is -4.59. The van der Waals surface area contributed by atoms with Crippen molar-refractivity contribution in [3.8, 4) is 11.6 Å². The average Bonchev–Trinajstić information content (AvgIpc) is 3.33. The third-order valence-electron chi connectivity index (χ3n) is 6.03. The first-order chi connectivity index (χ1) is 17.3. The lowest BCUT2D eigenvalue weighted by Gasteiger charge is -2.16. The topological polar surface area (TPSA) is 82.1 Å². The third-order valence-corrected chi connectivity index (χ3v) is 6.03. The van der Waals surface area contributed by atoms with Crippen molar-refractivity contribution < 1.29 is 23.7 Å². The second-order valence-electron chi connectivity index (χ2n) is 8.90. The van der Waals surface area contributed by atoms with Crippen LogP contribution >= 0.6 is 0 Å². The molecule has 0 bridgehead atoms. The second kappa shape index (κ2) is 8.88. The predicted molar refractivity (Wildman–Crippen MR) is 130 cm³/mol. The number of imide groups is 1. The number of aromatic nitrogens is 3. The van der Waals surface area contributed by atoms with Gasteiger partial charge in [-0.05, 0) is 60.7 Å². The van der Waals surface area contributed by atoms with Crippen LogP contribution in [0.5, 0.6) is 5.88 Å². The number of anilines is 1. The molecule has 0 unspecified atom stereocenters. The number of benzene rings is 2.